The molecule has 0 aliphatic carbocycles. The zero-order valence-electron chi connectivity index (χ0n) is 23.4. The maximum atomic E-state index is 6.43. The number of hydrogen-bond donors (Lipinski definition) is 0. The van der Waals surface area contributed by atoms with Crippen molar-refractivity contribution in [2.24, 2.45) is 4.99 Å². The first-order chi connectivity index (χ1) is 17.3. The van der Waals surface area contributed by atoms with E-state index in [-0.39, 0.29) is 5.41 Å². The molecule has 2 aliphatic rings. The van der Waals surface area contributed by atoms with Crippen molar-refractivity contribution in [2.45, 2.75) is 85.6 Å². The monoisotopic (exact) mass is 526 g/mol. The molecule has 0 radical (unpaired) electrons. The first kappa shape index (κ1) is 29.0. The van der Waals surface area contributed by atoms with E-state index in [1.54, 1.807) is 0 Å². The minimum Gasteiger partial charge on any atom is -0.493 e. The van der Waals surface area contributed by atoms with E-state index >= 15 is 0 Å². The summed E-state index contributed by atoms with van der Waals surface area (Å²) in [6, 6.07) is 13.1. The van der Waals surface area contributed by atoms with Crippen LogP contribution in [0.4, 0.5) is 0 Å². The van der Waals surface area contributed by atoms with Gasteiger partial charge in [-0.3, -0.25) is 4.99 Å². The average Bonchev–Trinajstić information content (AvgIpc) is 3.56. The standard InChI is InChI=1S/C28H40N2O.C3H6S2/c1-7-8-12-17-31-27-22(3)24(21(2)18-25(27)28(4,5)6)19-26-29-15-16-30(26)20-23-13-10-9-11-14-23;1-2-4-5-3-1/h9-11,13-14,18H,7-8,12,15-17,19-20H2,1-6H3;1-3H2. The van der Waals surface area contributed by atoms with Gasteiger partial charge in [-0.15, -0.1) is 0 Å². The molecule has 0 N–H and O–H groups in total. The van der Waals surface area contributed by atoms with Crippen LogP contribution >= 0.6 is 21.6 Å². The normalized spacial score (nSPS) is 15.5. The second-order valence-corrected chi connectivity index (χ2v) is 13.6. The third kappa shape index (κ3) is 8.48. The van der Waals surface area contributed by atoms with Crippen LogP contribution in [-0.2, 0) is 18.4 Å². The van der Waals surface area contributed by atoms with E-state index in [1.165, 1.54) is 64.4 Å². The van der Waals surface area contributed by atoms with Gasteiger partial charge in [-0.2, -0.15) is 0 Å². The van der Waals surface area contributed by atoms with Crippen molar-refractivity contribution >= 4 is 27.4 Å². The molecule has 198 valence electrons. The minimum atomic E-state index is 0.0539. The molecule has 2 heterocycles. The van der Waals surface area contributed by atoms with Gasteiger partial charge in [-0.05, 0) is 54.4 Å². The Bertz CT molecular complexity index is 971. The van der Waals surface area contributed by atoms with Gasteiger partial charge in [0.25, 0.3) is 0 Å². The van der Waals surface area contributed by atoms with Gasteiger partial charge < -0.3 is 9.64 Å². The molecule has 0 aromatic heterocycles. The quantitative estimate of drug-likeness (QED) is 0.242. The van der Waals surface area contributed by atoms with Crippen LogP contribution in [0.2, 0.25) is 0 Å². The summed E-state index contributed by atoms with van der Waals surface area (Å²) in [5, 5.41) is 0. The molecule has 36 heavy (non-hydrogen) atoms. The van der Waals surface area contributed by atoms with E-state index in [1.807, 2.05) is 21.6 Å². The van der Waals surface area contributed by atoms with Crippen molar-refractivity contribution in [3.63, 3.8) is 0 Å². The van der Waals surface area contributed by atoms with E-state index in [4.69, 9.17) is 9.73 Å². The van der Waals surface area contributed by atoms with Crippen LogP contribution in [-0.4, -0.2) is 41.9 Å². The molecule has 0 bridgehead atoms. The SMILES string of the molecule is C1CSSC1.CCCCCOc1c(C(C)(C)C)cc(C)c(CC2=NCCN2Cc2ccccc2)c1C. The summed E-state index contributed by atoms with van der Waals surface area (Å²) >= 11 is 0. The fourth-order valence-corrected chi connectivity index (χ4v) is 7.03. The molecule has 2 aliphatic heterocycles. The number of nitrogens with zero attached hydrogens (tertiary/aromatic N) is 2. The van der Waals surface area contributed by atoms with Crippen molar-refractivity contribution < 1.29 is 4.74 Å². The highest BCUT2D eigenvalue weighted by Crippen LogP contribution is 2.38. The summed E-state index contributed by atoms with van der Waals surface area (Å²) in [7, 11) is 3.98. The lowest BCUT2D eigenvalue weighted by molar-refractivity contribution is 0.296. The lowest BCUT2D eigenvalue weighted by atomic mass is 9.82. The van der Waals surface area contributed by atoms with Gasteiger partial charge in [-0.1, -0.05) is 98.5 Å². The maximum Gasteiger partial charge on any atom is 0.126 e. The van der Waals surface area contributed by atoms with Crippen LogP contribution in [0.3, 0.4) is 0 Å². The fourth-order valence-electron chi connectivity index (χ4n) is 4.67. The highest BCUT2D eigenvalue weighted by atomic mass is 33.1. The van der Waals surface area contributed by atoms with Gasteiger partial charge in [0.15, 0.2) is 0 Å². The zero-order chi connectivity index (χ0) is 26.0. The molecule has 1 fully saturated rings. The summed E-state index contributed by atoms with van der Waals surface area (Å²) in [6.45, 7) is 17.2. The summed E-state index contributed by atoms with van der Waals surface area (Å²) in [5.74, 6) is 5.06. The van der Waals surface area contributed by atoms with Crippen molar-refractivity contribution in [2.75, 3.05) is 31.2 Å². The smallest absolute Gasteiger partial charge is 0.126 e. The molecule has 1 saturated heterocycles. The van der Waals surface area contributed by atoms with Crippen molar-refractivity contribution in [1.29, 1.82) is 0 Å². The van der Waals surface area contributed by atoms with E-state index in [2.05, 4.69) is 82.8 Å². The Labute approximate surface area is 228 Å². The van der Waals surface area contributed by atoms with Crippen LogP contribution < -0.4 is 4.74 Å². The molecule has 0 spiro atoms. The third-order valence-electron chi connectivity index (χ3n) is 6.80. The first-order valence-corrected chi connectivity index (χ1v) is 16.1. The fraction of sp³-hybridized carbons (Fsp3) is 0.581. The van der Waals surface area contributed by atoms with Crippen LogP contribution in [0.25, 0.3) is 0 Å². The Balaban J connectivity index is 0.000000642. The highest BCUT2D eigenvalue weighted by Gasteiger charge is 2.26. The molecule has 0 saturated carbocycles. The van der Waals surface area contributed by atoms with Gasteiger partial charge in [0, 0.05) is 36.6 Å². The van der Waals surface area contributed by atoms with Crippen LogP contribution in [0.15, 0.2) is 41.4 Å². The van der Waals surface area contributed by atoms with Crippen LogP contribution in [0, 0.1) is 13.8 Å². The van der Waals surface area contributed by atoms with E-state index in [0.717, 1.165) is 44.8 Å². The number of unbranched alkanes of at least 4 members (excludes halogenated alkanes) is 2. The van der Waals surface area contributed by atoms with Crippen molar-refractivity contribution in [1.82, 2.24) is 4.90 Å². The second-order valence-electron chi connectivity index (χ2n) is 10.9. The Morgan fingerprint density at radius 3 is 2.36 bits per heavy atom. The largest absolute Gasteiger partial charge is 0.493 e. The highest BCUT2D eigenvalue weighted by molar-refractivity contribution is 8.77. The Kier molecular flexibility index (Phi) is 11.6. The molecule has 0 amide bonds. The van der Waals surface area contributed by atoms with E-state index in [0.29, 0.717) is 0 Å². The number of amidine groups is 1. The molecular weight excluding hydrogens is 480 g/mol. The summed E-state index contributed by atoms with van der Waals surface area (Å²) in [4.78, 5) is 7.32. The number of benzene rings is 2. The lowest BCUT2D eigenvalue weighted by Crippen LogP contribution is -2.29. The molecular formula is C31H46N2OS2. The summed E-state index contributed by atoms with van der Waals surface area (Å²) < 4.78 is 6.43. The zero-order valence-corrected chi connectivity index (χ0v) is 25.0. The molecule has 4 rings (SSSR count). The van der Waals surface area contributed by atoms with Crippen molar-refractivity contribution in [3.8, 4) is 5.75 Å². The summed E-state index contributed by atoms with van der Waals surface area (Å²) in [6.07, 6.45) is 5.84. The van der Waals surface area contributed by atoms with E-state index < -0.39 is 0 Å². The maximum absolute atomic E-state index is 6.43. The number of rotatable bonds is 9. The first-order valence-electron chi connectivity index (χ1n) is 13.6. The number of aliphatic imine (C=N–C) groups is 1. The van der Waals surface area contributed by atoms with Gasteiger partial charge in [-0.25, -0.2) is 0 Å². The second kappa shape index (κ2) is 14.4. The topological polar surface area (TPSA) is 24.8 Å². The summed E-state index contributed by atoms with van der Waals surface area (Å²) in [5.41, 5.74) is 6.72. The number of aryl methyl sites for hydroxylation is 1. The minimum absolute atomic E-state index is 0.0539. The van der Waals surface area contributed by atoms with Gasteiger partial charge in [0.2, 0.25) is 0 Å². The molecule has 3 nitrogen and oxygen atoms in total. The Morgan fingerprint density at radius 1 is 1.03 bits per heavy atom. The molecule has 2 aromatic carbocycles. The van der Waals surface area contributed by atoms with E-state index in [9.17, 15) is 0 Å². The van der Waals surface area contributed by atoms with Crippen LogP contribution in [0.1, 0.15) is 81.2 Å². The molecule has 0 unspecified atom stereocenters. The Hall–Kier alpha value is -1.59. The average molecular weight is 527 g/mol. The van der Waals surface area contributed by atoms with Crippen molar-refractivity contribution in [3.05, 3.63) is 64.2 Å². The van der Waals surface area contributed by atoms with Gasteiger partial charge >= 0.3 is 0 Å². The molecule has 0 atom stereocenters. The molecule has 5 heteroatoms. The lowest BCUT2D eigenvalue weighted by Gasteiger charge is -2.28. The third-order valence-corrected chi connectivity index (χ3v) is 9.37. The predicted octanol–water partition coefficient (Wildman–Crippen LogP) is 8.40. The molecule has 2 aromatic rings. The van der Waals surface area contributed by atoms with Crippen LogP contribution in [0.5, 0.6) is 5.75 Å². The number of ether oxygens (including phenoxy) is 1. The predicted molar refractivity (Wildman–Crippen MR) is 162 cm³/mol. The Morgan fingerprint density at radius 2 is 1.75 bits per heavy atom. The van der Waals surface area contributed by atoms with Gasteiger partial charge in [0.1, 0.15) is 11.6 Å². The number of hydrogen-bond acceptors (Lipinski definition) is 5. The van der Waals surface area contributed by atoms with Gasteiger partial charge in [0.05, 0.1) is 13.2 Å².